The lowest BCUT2D eigenvalue weighted by molar-refractivity contribution is 0.0952. The number of rotatable bonds is 4. The fourth-order valence-electron chi connectivity index (χ4n) is 1.93. The molecule has 2 amide bonds. The number of furan rings is 1. The van der Waals surface area contributed by atoms with E-state index in [9.17, 15) is 9.59 Å². The number of anilines is 1. The zero-order chi connectivity index (χ0) is 14.8. The first-order valence-corrected chi connectivity index (χ1v) is 7.38. The van der Waals surface area contributed by atoms with Crippen molar-refractivity contribution in [2.75, 3.05) is 5.32 Å². The number of para-hydroxylation sites is 1. The van der Waals surface area contributed by atoms with Gasteiger partial charge in [-0.05, 0) is 47.0 Å². The molecule has 5 nitrogen and oxygen atoms in total. The zero-order valence-corrected chi connectivity index (χ0v) is 12.6. The Morgan fingerprint density at radius 1 is 1.10 bits per heavy atom. The third-order valence-electron chi connectivity index (χ3n) is 3.20. The molecule has 108 valence electrons. The van der Waals surface area contributed by atoms with Gasteiger partial charge in [0.1, 0.15) is 0 Å². The van der Waals surface area contributed by atoms with Crippen molar-refractivity contribution in [3.05, 3.63) is 52.4 Å². The normalized spacial score (nSPS) is 13.8. The first kappa shape index (κ1) is 13.9. The second kappa shape index (κ2) is 5.73. The summed E-state index contributed by atoms with van der Waals surface area (Å²) in [5.74, 6) is -0.498. The summed E-state index contributed by atoms with van der Waals surface area (Å²) in [4.78, 5) is 24.3. The SMILES string of the molecule is O=C(NC1CC1)c1ccccc1NC(=O)c1ccoc1Br. The Kier molecular flexibility index (Phi) is 3.79. The molecule has 21 heavy (non-hydrogen) atoms. The van der Waals surface area contributed by atoms with Crippen LogP contribution >= 0.6 is 15.9 Å². The van der Waals surface area contributed by atoms with Crippen LogP contribution in [0.4, 0.5) is 5.69 Å². The van der Waals surface area contributed by atoms with Gasteiger partial charge < -0.3 is 15.1 Å². The van der Waals surface area contributed by atoms with Crippen LogP contribution < -0.4 is 10.6 Å². The van der Waals surface area contributed by atoms with Crippen molar-refractivity contribution < 1.29 is 14.0 Å². The number of carbonyl (C=O) groups is 2. The van der Waals surface area contributed by atoms with Crippen molar-refractivity contribution >= 4 is 33.4 Å². The third-order valence-corrected chi connectivity index (χ3v) is 3.81. The van der Waals surface area contributed by atoms with Crippen LogP contribution in [0.25, 0.3) is 0 Å². The molecule has 2 N–H and O–H groups in total. The largest absolute Gasteiger partial charge is 0.457 e. The van der Waals surface area contributed by atoms with Gasteiger partial charge in [0.15, 0.2) is 4.67 Å². The van der Waals surface area contributed by atoms with Crippen molar-refractivity contribution in [1.29, 1.82) is 0 Å². The molecule has 0 atom stereocenters. The van der Waals surface area contributed by atoms with E-state index in [-0.39, 0.29) is 17.9 Å². The fourth-order valence-corrected chi connectivity index (χ4v) is 2.35. The lowest BCUT2D eigenvalue weighted by atomic mass is 10.1. The summed E-state index contributed by atoms with van der Waals surface area (Å²) in [6.45, 7) is 0. The maximum absolute atomic E-state index is 12.2. The van der Waals surface area contributed by atoms with Crippen LogP contribution in [-0.4, -0.2) is 17.9 Å². The van der Waals surface area contributed by atoms with E-state index in [0.717, 1.165) is 12.8 Å². The molecule has 2 aromatic rings. The summed E-state index contributed by atoms with van der Waals surface area (Å²) in [6, 6.07) is 8.76. The van der Waals surface area contributed by atoms with Gasteiger partial charge in [-0.3, -0.25) is 9.59 Å². The summed E-state index contributed by atoms with van der Waals surface area (Å²) in [6.07, 6.45) is 3.45. The van der Waals surface area contributed by atoms with Crippen molar-refractivity contribution in [2.45, 2.75) is 18.9 Å². The van der Waals surface area contributed by atoms with Crippen molar-refractivity contribution in [3.63, 3.8) is 0 Å². The molecule has 0 spiro atoms. The second-order valence-corrected chi connectivity index (χ2v) is 5.58. The number of hydrogen-bond donors (Lipinski definition) is 2. The smallest absolute Gasteiger partial charge is 0.260 e. The van der Waals surface area contributed by atoms with E-state index in [2.05, 4.69) is 26.6 Å². The zero-order valence-electron chi connectivity index (χ0n) is 11.1. The minimum Gasteiger partial charge on any atom is -0.457 e. The molecule has 0 unspecified atom stereocenters. The predicted molar refractivity (Wildman–Crippen MR) is 81.3 cm³/mol. The highest BCUT2D eigenvalue weighted by Crippen LogP contribution is 2.23. The molecule has 1 aliphatic rings. The third kappa shape index (κ3) is 3.16. The maximum atomic E-state index is 12.2. The standard InChI is InChI=1S/C15H13BrN2O3/c16-13-11(7-8-21-13)15(20)18-12-4-2-1-3-10(12)14(19)17-9-5-6-9/h1-4,7-9H,5-6H2,(H,17,19)(H,18,20). The van der Waals surface area contributed by atoms with Gasteiger partial charge in [-0.15, -0.1) is 0 Å². The molecular formula is C15H13BrN2O3. The van der Waals surface area contributed by atoms with Gasteiger partial charge in [0.05, 0.1) is 23.1 Å². The van der Waals surface area contributed by atoms with Crippen LogP contribution in [0.2, 0.25) is 0 Å². The van der Waals surface area contributed by atoms with E-state index in [0.29, 0.717) is 21.5 Å². The predicted octanol–water partition coefficient (Wildman–Crippen LogP) is 3.19. The summed E-state index contributed by atoms with van der Waals surface area (Å²) < 4.78 is 5.40. The fraction of sp³-hybridized carbons (Fsp3) is 0.200. The van der Waals surface area contributed by atoms with E-state index >= 15 is 0 Å². The monoisotopic (exact) mass is 348 g/mol. The number of halogens is 1. The van der Waals surface area contributed by atoms with Crippen LogP contribution in [0.1, 0.15) is 33.6 Å². The maximum Gasteiger partial charge on any atom is 0.260 e. The van der Waals surface area contributed by atoms with Gasteiger partial charge in [0, 0.05) is 6.04 Å². The van der Waals surface area contributed by atoms with Gasteiger partial charge in [-0.2, -0.15) is 0 Å². The molecule has 0 radical (unpaired) electrons. The number of benzene rings is 1. The lowest BCUT2D eigenvalue weighted by Gasteiger charge is -2.10. The van der Waals surface area contributed by atoms with Crippen LogP contribution in [-0.2, 0) is 0 Å². The van der Waals surface area contributed by atoms with Crippen molar-refractivity contribution in [2.24, 2.45) is 0 Å². The number of nitrogens with one attached hydrogen (secondary N) is 2. The first-order valence-electron chi connectivity index (χ1n) is 6.59. The minimum absolute atomic E-state index is 0.167. The van der Waals surface area contributed by atoms with Crippen LogP contribution in [0.3, 0.4) is 0 Å². The Hall–Kier alpha value is -2.08. The molecule has 1 saturated carbocycles. The van der Waals surface area contributed by atoms with Crippen LogP contribution in [0, 0.1) is 0 Å². The Labute approximate surface area is 129 Å². The summed E-state index contributed by atoms with van der Waals surface area (Å²) in [5.41, 5.74) is 1.32. The molecule has 0 aliphatic heterocycles. The quantitative estimate of drug-likeness (QED) is 0.891. The Morgan fingerprint density at radius 3 is 2.52 bits per heavy atom. The van der Waals surface area contributed by atoms with Gasteiger partial charge in [0.25, 0.3) is 11.8 Å². The molecular weight excluding hydrogens is 336 g/mol. The van der Waals surface area contributed by atoms with Gasteiger partial charge in [0.2, 0.25) is 0 Å². The topological polar surface area (TPSA) is 71.3 Å². The lowest BCUT2D eigenvalue weighted by Crippen LogP contribution is -2.27. The van der Waals surface area contributed by atoms with E-state index in [1.54, 1.807) is 30.3 Å². The van der Waals surface area contributed by atoms with Gasteiger partial charge in [-0.1, -0.05) is 12.1 Å². The second-order valence-electron chi connectivity index (χ2n) is 4.86. The molecule has 0 bridgehead atoms. The van der Waals surface area contributed by atoms with Crippen LogP contribution in [0.15, 0.2) is 45.7 Å². The molecule has 1 aliphatic carbocycles. The molecule has 1 aromatic heterocycles. The summed E-state index contributed by atoms with van der Waals surface area (Å²) in [7, 11) is 0. The highest BCUT2D eigenvalue weighted by Gasteiger charge is 2.25. The number of carbonyl (C=O) groups excluding carboxylic acids is 2. The summed E-state index contributed by atoms with van der Waals surface area (Å²) in [5, 5.41) is 5.65. The molecule has 3 rings (SSSR count). The summed E-state index contributed by atoms with van der Waals surface area (Å²) >= 11 is 3.16. The van der Waals surface area contributed by atoms with E-state index in [4.69, 9.17) is 4.42 Å². The molecule has 1 fully saturated rings. The minimum atomic E-state index is -0.331. The van der Waals surface area contributed by atoms with E-state index in [1.807, 2.05) is 0 Å². The average molecular weight is 349 g/mol. The van der Waals surface area contributed by atoms with E-state index < -0.39 is 0 Å². The Balaban J connectivity index is 1.80. The molecule has 6 heteroatoms. The highest BCUT2D eigenvalue weighted by atomic mass is 79.9. The van der Waals surface area contributed by atoms with Gasteiger partial charge >= 0.3 is 0 Å². The number of hydrogen-bond acceptors (Lipinski definition) is 3. The van der Waals surface area contributed by atoms with Crippen molar-refractivity contribution in [3.8, 4) is 0 Å². The Bertz CT molecular complexity index is 692. The van der Waals surface area contributed by atoms with E-state index in [1.165, 1.54) is 6.26 Å². The first-order chi connectivity index (χ1) is 10.1. The van der Waals surface area contributed by atoms with Crippen LogP contribution in [0.5, 0.6) is 0 Å². The average Bonchev–Trinajstić information content (AvgIpc) is 3.17. The van der Waals surface area contributed by atoms with Crippen molar-refractivity contribution in [1.82, 2.24) is 5.32 Å². The number of amides is 2. The Morgan fingerprint density at radius 2 is 1.86 bits per heavy atom. The highest BCUT2D eigenvalue weighted by molar-refractivity contribution is 9.10. The molecule has 1 aromatic carbocycles. The van der Waals surface area contributed by atoms with Gasteiger partial charge in [-0.25, -0.2) is 0 Å². The molecule has 0 saturated heterocycles. The molecule has 1 heterocycles.